The van der Waals surface area contributed by atoms with Gasteiger partial charge in [0.1, 0.15) is 17.2 Å². The van der Waals surface area contributed by atoms with E-state index in [0.717, 1.165) is 54.4 Å². The number of hydrogen-bond donors (Lipinski definition) is 0. The molecule has 0 atom stereocenters. The van der Waals surface area contributed by atoms with Gasteiger partial charge in [-0.25, -0.2) is 15.0 Å². The van der Waals surface area contributed by atoms with Crippen LogP contribution in [0.25, 0.3) is 0 Å². The van der Waals surface area contributed by atoms with E-state index < -0.39 is 11.9 Å². The van der Waals surface area contributed by atoms with Crippen LogP contribution in [0, 0.1) is 6.92 Å². The van der Waals surface area contributed by atoms with Gasteiger partial charge >= 0.3 is 6.18 Å². The van der Waals surface area contributed by atoms with Crippen LogP contribution in [0.15, 0.2) is 17.8 Å². The predicted molar refractivity (Wildman–Crippen MR) is 81.4 cm³/mol. The highest BCUT2D eigenvalue weighted by molar-refractivity contribution is 7.09. The van der Waals surface area contributed by atoms with Gasteiger partial charge in [-0.15, -0.1) is 11.3 Å². The molecule has 124 valence electrons. The highest BCUT2D eigenvalue weighted by Crippen LogP contribution is 2.30. The molecule has 0 unspecified atom stereocenters. The summed E-state index contributed by atoms with van der Waals surface area (Å²) in [6.07, 6.45) is -2.82. The molecule has 23 heavy (non-hydrogen) atoms. The van der Waals surface area contributed by atoms with Gasteiger partial charge in [0.25, 0.3) is 0 Å². The van der Waals surface area contributed by atoms with Crippen LogP contribution in [0.3, 0.4) is 0 Å². The van der Waals surface area contributed by atoms with E-state index in [2.05, 4.69) is 24.8 Å². The number of thiazole rings is 1. The smallest absolute Gasteiger partial charge is 0.354 e. The van der Waals surface area contributed by atoms with Gasteiger partial charge in [-0.05, 0) is 6.92 Å². The molecule has 0 aromatic carbocycles. The molecule has 0 bridgehead atoms. The lowest BCUT2D eigenvalue weighted by molar-refractivity contribution is -0.140. The fourth-order valence-electron chi connectivity index (χ4n) is 2.45. The van der Waals surface area contributed by atoms with Crippen molar-refractivity contribution in [2.24, 2.45) is 0 Å². The summed E-state index contributed by atoms with van der Waals surface area (Å²) in [7, 11) is 0. The van der Waals surface area contributed by atoms with E-state index in [0.29, 0.717) is 11.6 Å². The standard InChI is InChI=1S/C14H16F3N5S/c1-10-6-12(19-9-18-10)22-4-2-21(3-5-22)7-13-20-11(8-23-13)14(15,16)17/h6,8-9H,2-5,7H2,1H3. The zero-order valence-corrected chi connectivity index (χ0v) is 13.4. The molecule has 9 heteroatoms. The van der Waals surface area contributed by atoms with Gasteiger partial charge in [0.15, 0.2) is 5.69 Å². The summed E-state index contributed by atoms with van der Waals surface area (Å²) in [5.41, 5.74) is 0.118. The highest BCUT2D eigenvalue weighted by Gasteiger charge is 2.33. The fourth-order valence-corrected chi connectivity index (χ4v) is 3.30. The molecular weight excluding hydrogens is 327 g/mol. The first kappa shape index (κ1) is 16.1. The molecule has 0 N–H and O–H groups in total. The molecule has 1 aliphatic rings. The molecule has 2 aromatic heterocycles. The SMILES string of the molecule is Cc1cc(N2CCN(Cc3nc(C(F)(F)F)cs3)CC2)ncn1. The summed E-state index contributed by atoms with van der Waals surface area (Å²) in [5, 5.41) is 1.58. The second-order valence-corrected chi connectivity index (χ2v) is 6.35. The summed E-state index contributed by atoms with van der Waals surface area (Å²) >= 11 is 1.06. The first-order valence-corrected chi connectivity index (χ1v) is 8.07. The molecule has 0 spiro atoms. The van der Waals surface area contributed by atoms with Gasteiger partial charge in [-0.3, -0.25) is 4.90 Å². The number of hydrogen-bond acceptors (Lipinski definition) is 6. The summed E-state index contributed by atoms with van der Waals surface area (Å²) < 4.78 is 37.7. The topological polar surface area (TPSA) is 45.2 Å². The van der Waals surface area contributed by atoms with Gasteiger partial charge in [0.05, 0.1) is 6.54 Å². The Kier molecular flexibility index (Phi) is 4.49. The molecule has 0 radical (unpaired) electrons. The van der Waals surface area contributed by atoms with Crippen molar-refractivity contribution < 1.29 is 13.2 Å². The van der Waals surface area contributed by atoms with Crippen molar-refractivity contribution in [2.45, 2.75) is 19.6 Å². The van der Waals surface area contributed by atoms with E-state index in [-0.39, 0.29) is 0 Å². The Balaban J connectivity index is 1.56. The molecule has 5 nitrogen and oxygen atoms in total. The Morgan fingerprint density at radius 1 is 1.17 bits per heavy atom. The Morgan fingerprint density at radius 2 is 1.91 bits per heavy atom. The summed E-state index contributed by atoms with van der Waals surface area (Å²) in [6, 6.07) is 1.94. The maximum Gasteiger partial charge on any atom is 0.434 e. The number of halogens is 3. The second-order valence-electron chi connectivity index (χ2n) is 5.41. The molecule has 1 saturated heterocycles. The molecule has 3 rings (SSSR count). The van der Waals surface area contributed by atoms with Crippen molar-refractivity contribution in [3.63, 3.8) is 0 Å². The number of alkyl halides is 3. The largest absolute Gasteiger partial charge is 0.434 e. The van der Waals surface area contributed by atoms with Crippen LogP contribution in [-0.4, -0.2) is 46.0 Å². The Bertz CT molecular complexity index is 664. The van der Waals surface area contributed by atoms with Crippen LogP contribution in [0.5, 0.6) is 0 Å². The minimum absolute atomic E-state index is 0.456. The third kappa shape index (κ3) is 3.97. The van der Waals surface area contributed by atoms with Crippen molar-refractivity contribution in [2.75, 3.05) is 31.1 Å². The molecule has 3 heterocycles. The van der Waals surface area contributed by atoms with Gasteiger partial charge in [0, 0.05) is 43.3 Å². The lowest BCUT2D eigenvalue weighted by atomic mass is 10.3. The summed E-state index contributed by atoms with van der Waals surface area (Å²) in [6.45, 7) is 5.48. The second kappa shape index (κ2) is 6.40. The van der Waals surface area contributed by atoms with E-state index in [1.165, 1.54) is 0 Å². The fraction of sp³-hybridized carbons (Fsp3) is 0.500. The van der Waals surface area contributed by atoms with E-state index in [9.17, 15) is 13.2 Å². The number of nitrogens with zero attached hydrogens (tertiary/aromatic N) is 5. The lowest BCUT2D eigenvalue weighted by Crippen LogP contribution is -2.46. The maximum atomic E-state index is 12.6. The van der Waals surface area contributed by atoms with Crippen molar-refractivity contribution in [1.82, 2.24) is 19.9 Å². The number of rotatable bonds is 3. The van der Waals surface area contributed by atoms with Crippen LogP contribution in [0.1, 0.15) is 16.4 Å². The summed E-state index contributed by atoms with van der Waals surface area (Å²) in [5.74, 6) is 0.894. The van der Waals surface area contributed by atoms with Crippen molar-refractivity contribution >= 4 is 17.2 Å². The van der Waals surface area contributed by atoms with E-state index in [4.69, 9.17) is 0 Å². The molecule has 0 saturated carbocycles. The van der Waals surface area contributed by atoms with Crippen LogP contribution in [0.4, 0.5) is 19.0 Å². The van der Waals surface area contributed by atoms with Crippen molar-refractivity contribution in [1.29, 1.82) is 0 Å². The Hall–Kier alpha value is -1.74. The molecular formula is C14H16F3N5S. The molecule has 1 fully saturated rings. The quantitative estimate of drug-likeness (QED) is 0.857. The highest BCUT2D eigenvalue weighted by atomic mass is 32.1. The van der Waals surface area contributed by atoms with Crippen LogP contribution < -0.4 is 4.90 Å². The van der Waals surface area contributed by atoms with Gasteiger partial charge < -0.3 is 4.90 Å². The minimum Gasteiger partial charge on any atom is -0.354 e. The third-order valence-corrected chi connectivity index (χ3v) is 4.52. The average Bonchev–Trinajstić information content (AvgIpc) is 2.97. The zero-order chi connectivity index (χ0) is 16.4. The van der Waals surface area contributed by atoms with Gasteiger partial charge in [0.2, 0.25) is 0 Å². The van der Waals surface area contributed by atoms with Gasteiger partial charge in [-0.2, -0.15) is 13.2 Å². The number of piperazine rings is 1. The molecule has 0 amide bonds. The average molecular weight is 343 g/mol. The number of aryl methyl sites for hydroxylation is 1. The lowest BCUT2D eigenvalue weighted by Gasteiger charge is -2.34. The Labute approximate surface area is 135 Å². The van der Waals surface area contributed by atoms with Gasteiger partial charge in [-0.1, -0.05) is 0 Å². The molecule has 0 aliphatic carbocycles. The predicted octanol–water partition coefficient (Wildman–Crippen LogP) is 2.58. The monoisotopic (exact) mass is 343 g/mol. The van der Waals surface area contributed by atoms with Crippen molar-refractivity contribution in [3.05, 3.63) is 34.2 Å². The van der Waals surface area contributed by atoms with E-state index in [1.54, 1.807) is 6.33 Å². The number of aromatic nitrogens is 3. The molecule has 1 aliphatic heterocycles. The van der Waals surface area contributed by atoms with E-state index in [1.807, 2.05) is 13.0 Å². The normalized spacial score (nSPS) is 16.8. The Morgan fingerprint density at radius 3 is 2.52 bits per heavy atom. The van der Waals surface area contributed by atoms with E-state index >= 15 is 0 Å². The zero-order valence-electron chi connectivity index (χ0n) is 12.5. The first-order valence-electron chi connectivity index (χ1n) is 7.19. The number of anilines is 1. The van der Waals surface area contributed by atoms with Crippen LogP contribution in [-0.2, 0) is 12.7 Å². The first-order chi connectivity index (χ1) is 10.9. The van der Waals surface area contributed by atoms with Crippen LogP contribution in [0.2, 0.25) is 0 Å². The third-order valence-electron chi connectivity index (χ3n) is 3.69. The molecule has 2 aromatic rings. The van der Waals surface area contributed by atoms with Crippen LogP contribution >= 0.6 is 11.3 Å². The van der Waals surface area contributed by atoms with Crippen molar-refractivity contribution in [3.8, 4) is 0 Å². The maximum absolute atomic E-state index is 12.6. The summed E-state index contributed by atoms with van der Waals surface area (Å²) in [4.78, 5) is 16.3. The minimum atomic E-state index is -4.36.